The van der Waals surface area contributed by atoms with Crippen molar-refractivity contribution in [2.75, 3.05) is 13.1 Å². The number of hydrogen-bond acceptors (Lipinski definition) is 3. The molecule has 1 aliphatic heterocycles. The molecule has 1 saturated heterocycles. The van der Waals surface area contributed by atoms with E-state index in [1.807, 2.05) is 52.8 Å². The molecule has 1 fully saturated rings. The molecule has 0 bridgehead atoms. The first-order chi connectivity index (χ1) is 10.7. The number of carbonyl (C=O) groups excluding carboxylic acids is 2. The van der Waals surface area contributed by atoms with Crippen molar-refractivity contribution in [1.82, 2.24) is 4.90 Å². The fourth-order valence-electron chi connectivity index (χ4n) is 2.87. The third-order valence-electron chi connectivity index (χ3n) is 4.18. The minimum atomic E-state index is -0.484. The number of likely N-dealkylation sites (tertiary alicyclic amines) is 1. The van der Waals surface area contributed by atoms with Crippen molar-refractivity contribution >= 4 is 11.9 Å². The highest BCUT2D eigenvalue weighted by atomic mass is 16.6. The Kier molecular flexibility index (Phi) is 5.12. The average Bonchev–Trinajstić information content (AvgIpc) is 2.47. The van der Waals surface area contributed by atoms with Crippen molar-refractivity contribution in [1.29, 1.82) is 0 Å². The molecule has 4 nitrogen and oxygen atoms in total. The van der Waals surface area contributed by atoms with E-state index < -0.39 is 5.60 Å². The lowest BCUT2D eigenvalue weighted by atomic mass is 9.87. The Hall–Kier alpha value is -1.84. The predicted molar refractivity (Wildman–Crippen MR) is 90.8 cm³/mol. The van der Waals surface area contributed by atoms with Crippen molar-refractivity contribution in [3.05, 3.63) is 34.9 Å². The Balaban J connectivity index is 1.97. The van der Waals surface area contributed by atoms with E-state index >= 15 is 0 Å². The molecule has 1 amide bonds. The molecule has 2 rings (SSSR count). The standard InChI is InChI=1S/C19H27NO3/c1-13-6-7-14(2)16(12-13)17(21)15-8-10-20(11-9-15)18(22)23-19(3,4)5/h6-7,12,15H,8-11H2,1-5H3. The van der Waals surface area contributed by atoms with Gasteiger partial charge in [0.1, 0.15) is 5.60 Å². The number of nitrogens with zero attached hydrogens (tertiary/aromatic N) is 1. The van der Waals surface area contributed by atoms with Gasteiger partial charge in [0.15, 0.2) is 5.78 Å². The minimum Gasteiger partial charge on any atom is -0.444 e. The Morgan fingerprint density at radius 1 is 1.13 bits per heavy atom. The number of piperidine rings is 1. The molecular weight excluding hydrogens is 290 g/mol. The summed E-state index contributed by atoms with van der Waals surface area (Å²) in [4.78, 5) is 26.5. The van der Waals surface area contributed by atoms with Crippen LogP contribution in [-0.4, -0.2) is 35.5 Å². The molecule has 0 N–H and O–H groups in total. The number of ketones is 1. The molecule has 1 heterocycles. The van der Waals surface area contributed by atoms with Gasteiger partial charge < -0.3 is 9.64 Å². The molecule has 1 aromatic rings. The quantitative estimate of drug-likeness (QED) is 0.770. The van der Waals surface area contributed by atoms with Crippen molar-refractivity contribution in [3.8, 4) is 0 Å². The largest absolute Gasteiger partial charge is 0.444 e. The first-order valence-electron chi connectivity index (χ1n) is 8.27. The van der Waals surface area contributed by atoms with Gasteiger partial charge in [0.05, 0.1) is 0 Å². The summed E-state index contributed by atoms with van der Waals surface area (Å²) in [6.45, 7) is 10.7. The number of hydrogen-bond donors (Lipinski definition) is 0. The predicted octanol–water partition coefficient (Wildman–Crippen LogP) is 4.13. The summed E-state index contributed by atoms with van der Waals surface area (Å²) in [6, 6.07) is 5.99. The second-order valence-electron chi connectivity index (χ2n) is 7.42. The number of rotatable bonds is 2. The van der Waals surface area contributed by atoms with Gasteiger partial charge in [-0.3, -0.25) is 4.79 Å². The Labute approximate surface area is 138 Å². The molecule has 0 saturated carbocycles. The van der Waals surface area contributed by atoms with Gasteiger partial charge in [-0.25, -0.2) is 4.79 Å². The van der Waals surface area contributed by atoms with Gasteiger partial charge in [0.2, 0.25) is 0 Å². The highest BCUT2D eigenvalue weighted by Gasteiger charge is 2.30. The van der Waals surface area contributed by atoms with Crippen molar-refractivity contribution < 1.29 is 14.3 Å². The number of aryl methyl sites for hydroxylation is 2. The van der Waals surface area contributed by atoms with Crippen LogP contribution in [0.1, 0.15) is 55.1 Å². The molecule has 4 heteroatoms. The smallest absolute Gasteiger partial charge is 0.410 e. The van der Waals surface area contributed by atoms with Crippen LogP contribution < -0.4 is 0 Å². The van der Waals surface area contributed by atoms with Crippen LogP contribution >= 0.6 is 0 Å². The Bertz CT molecular complexity index is 593. The van der Waals surface area contributed by atoms with Crippen molar-refractivity contribution in [2.45, 2.75) is 53.1 Å². The summed E-state index contributed by atoms with van der Waals surface area (Å²) in [5.41, 5.74) is 2.46. The number of benzene rings is 1. The van der Waals surface area contributed by atoms with Crippen LogP contribution in [0, 0.1) is 19.8 Å². The normalized spacial score (nSPS) is 16.3. The molecule has 0 atom stereocenters. The fourth-order valence-corrected chi connectivity index (χ4v) is 2.87. The second-order valence-corrected chi connectivity index (χ2v) is 7.42. The Morgan fingerprint density at radius 3 is 2.30 bits per heavy atom. The average molecular weight is 317 g/mol. The van der Waals surface area contributed by atoms with Gasteiger partial charge in [-0.15, -0.1) is 0 Å². The molecule has 23 heavy (non-hydrogen) atoms. The van der Waals surface area contributed by atoms with E-state index in [0.29, 0.717) is 25.9 Å². The number of Topliss-reactive ketones (excluding diaryl/α,β-unsaturated/α-hetero) is 1. The van der Waals surface area contributed by atoms with E-state index in [4.69, 9.17) is 4.74 Å². The van der Waals surface area contributed by atoms with Gasteiger partial charge in [0, 0.05) is 24.6 Å². The Morgan fingerprint density at radius 2 is 1.74 bits per heavy atom. The molecule has 0 radical (unpaired) electrons. The van der Waals surface area contributed by atoms with E-state index in [9.17, 15) is 9.59 Å². The first kappa shape index (κ1) is 17.5. The number of carbonyl (C=O) groups is 2. The molecular formula is C19H27NO3. The minimum absolute atomic E-state index is 0.00538. The van der Waals surface area contributed by atoms with Gasteiger partial charge >= 0.3 is 6.09 Å². The maximum atomic E-state index is 12.7. The van der Waals surface area contributed by atoms with Gasteiger partial charge in [-0.1, -0.05) is 17.7 Å². The maximum absolute atomic E-state index is 12.7. The van der Waals surface area contributed by atoms with Gasteiger partial charge in [-0.2, -0.15) is 0 Å². The molecule has 0 aromatic heterocycles. The lowest BCUT2D eigenvalue weighted by Gasteiger charge is -2.33. The third-order valence-corrected chi connectivity index (χ3v) is 4.18. The third kappa shape index (κ3) is 4.57. The molecule has 0 spiro atoms. The molecule has 0 aliphatic carbocycles. The zero-order valence-electron chi connectivity index (χ0n) is 14.8. The summed E-state index contributed by atoms with van der Waals surface area (Å²) in [6.07, 6.45) is 1.12. The van der Waals surface area contributed by atoms with Crippen LogP contribution in [0.15, 0.2) is 18.2 Å². The van der Waals surface area contributed by atoms with E-state index in [1.54, 1.807) is 4.90 Å². The highest BCUT2D eigenvalue weighted by Crippen LogP contribution is 2.25. The number of ether oxygens (including phenoxy) is 1. The molecule has 0 unspecified atom stereocenters. The SMILES string of the molecule is Cc1ccc(C)c(C(=O)C2CCN(C(=O)OC(C)(C)C)CC2)c1. The fraction of sp³-hybridized carbons (Fsp3) is 0.579. The summed E-state index contributed by atoms with van der Waals surface area (Å²) < 4.78 is 5.39. The van der Waals surface area contributed by atoms with Crippen LogP contribution in [0.2, 0.25) is 0 Å². The molecule has 126 valence electrons. The van der Waals surface area contributed by atoms with Crippen LogP contribution in [0.3, 0.4) is 0 Å². The zero-order valence-corrected chi connectivity index (χ0v) is 14.8. The summed E-state index contributed by atoms with van der Waals surface area (Å²) in [5, 5.41) is 0. The topological polar surface area (TPSA) is 46.6 Å². The number of amides is 1. The van der Waals surface area contributed by atoms with E-state index in [-0.39, 0.29) is 17.8 Å². The first-order valence-corrected chi connectivity index (χ1v) is 8.27. The lowest BCUT2D eigenvalue weighted by Crippen LogP contribution is -2.43. The van der Waals surface area contributed by atoms with Crippen molar-refractivity contribution in [3.63, 3.8) is 0 Å². The van der Waals surface area contributed by atoms with Crippen LogP contribution in [0.5, 0.6) is 0 Å². The molecule has 1 aliphatic rings. The lowest BCUT2D eigenvalue weighted by molar-refractivity contribution is 0.0182. The van der Waals surface area contributed by atoms with Gasteiger partial charge in [0.25, 0.3) is 0 Å². The highest BCUT2D eigenvalue weighted by molar-refractivity contribution is 5.99. The van der Waals surface area contributed by atoms with Crippen LogP contribution in [-0.2, 0) is 4.74 Å². The van der Waals surface area contributed by atoms with E-state index in [1.165, 1.54) is 0 Å². The second kappa shape index (κ2) is 6.73. The van der Waals surface area contributed by atoms with Gasteiger partial charge in [-0.05, 0) is 59.1 Å². The van der Waals surface area contributed by atoms with Crippen LogP contribution in [0.25, 0.3) is 0 Å². The van der Waals surface area contributed by atoms with Crippen molar-refractivity contribution in [2.24, 2.45) is 5.92 Å². The zero-order chi connectivity index (χ0) is 17.2. The maximum Gasteiger partial charge on any atom is 0.410 e. The summed E-state index contributed by atoms with van der Waals surface area (Å²) in [7, 11) is 0. The van der Waals surface area contributed by atoms with Crippen LogP contribution in [0.4, 0.5) is 4.79 Å². The summed E-state index contributed by atoms with van der Waals surface area (Å²) >= 11 is 0. The monoisotopic (exact) mass is 317 g/mol. The van der Waals surface area contributed by atoms with E-state index in [0.717, 1.165) is 16.7 Å². The summed E-state index contributed by atoms with van der Waals surface area (Å²) in [5.74, 6) is 0.198. The molecule has 1 aromatic carbocycles. The van der Waals surface area contributed by atoms with E-state index in [2.05, 4.69) is 0 Å².